The molecular weight excluding hydrogens is 368 g/mol. The van der Waals surface area contributed by atoms with E-state index in [1.807, 2.05) is 0 Å². The average Bonchev–Trinajstić information content (AvgIpc) is 2.85. The molecule has 2 bridgehead atoms. The molecule has 4 aliphatic carbocycles. The highest BCUT2D eigenvalue weighted by Gasteiger charge is 2.75. The maximum absolute atomic E-state index is 12.8. The van der Waals surface area contributed by atoms with E-state index >= 15 is 0 Å². The molecule has 4 fully saturated rings. The molecule has 0 amide bonds. The Morgan fingerprint density at radius 2 is 1.79 bits per heavy atom. The van der Waals surface area contributed by atoms with Gasteiger partial charge >= 0.3 is 11.9 Å². The summed E-state index contributed by atoms with van der Waals surface area (Å²) in [4.78, 5) is 24.9. The van der Waals surface area contributed by atoms with Crippen molar-refractivity contribution in [1.29, 1.82) is 0 Å². The minimum absolute atomic E-state index is 0.159. The summed E-state index contributed by atoms with van der Waals surface area (Å²) >= 11 is 0. The van der Waals surface area contributed by atoms with Gasteiger partial charge in [0.15, 0.2) is 0 Å². The van der Waals surface area contributed by atoms with E-state index in [0.717, 1.165) is 32.1 Å². The van der Waals surface area contributed by atoms with Crippen molar-refractivity contribution in [3.8, 4) is 0 Å². The van der Waals surface area contributed by atoms with Gasteiger partial charge in [0.2, 0.25) is 5.60 Å². The number of hydrogen-bond acceptors (Lipinski definition) is 5. The zero-order chi connectivity index (χ0) is 21.2. The lowest BCUT2D eigenvalue weighted by molar-refractivity contribution is -0.211. The quantitative estimate of drug-likeness (QED) is 0.709. The van der Waals surface area contributed by atoms with Gasteiger partial charge in [0.05, 0.1) is 7.11 Å². The van der Waals surface area contributed by atoms with E-state index in [4.69, 9.17) is 9.47 Å². The summed E-state index contributed by atoms with van der Waals surface area (Å²) in [5, 5.41) is 11.6. The number of aliphatic hydroxyl groups is 1. The summed E-state index contributed by atoms with van der Waals surface area (Å²) in [7, 11) is 1.31. The molecule has 4 saturated carbocycles. The van der Waals surface area contributed by atoms with Gasteiger partial charge in [-0.25, -0.2) is 4.79 Å². The van der Waals surface area contributed by atoms with Crippen LogP contribution in [0.1, 0.15) is 85.5 Å². The van der Waals surface area contributed by atoms with Gasteiger partial charge < -0.3 is 14.6 Å². The fraction of sp³-hybridized carbons (Fsp3) is 0.917. The first-order chi connectivity index (χ1) is 13.6. The summed E-state index contributed by atoms with van der Waals surface area (Å²) in [6.45, 7) is 8.62. The second-order valence-electron chi connectivity index (χ2n) is 11.0. The van der Waals surface area contributed by atoms with Crippen molar-refractivity contribution in [3.63, 3.8) is 0 Å². The van der Waals surface area contributed by atoms with Crippen LogP contribution >= 0.6 is 0 Å². The van der Waals surface area contributed by atoms with Gasteiger partial charge in [0.25, 0.3) is 0 Å². The summed E-state index contributed by atoms with van der Waals surface area (Å²) in [6, 6.07) is 0. The van der Waals surface area contributed by atoms with Crippen LogP contribution in [-0.2, 0) is 19.1 Å². The van der Waals surface area contributed by atoms with Gasteiger partial charge in [-0.1, -0.05) is 33.6 Å². The van der Waals surface area contributed by atoms with Crippen molar-refractivity contribution in [2.24, 2.45) is 34.0 Å². The van der Waals surface area contributed by atoms with Gasteiger partial charge in [-0.3, -0.25) is 4.79 Å². The van der Waals surface area contributed by atoms with Gasteiger partial charge in [-0.05, 0) is 67.6 Å². The Hall–Kier alpha value is -1.10. The normalized spacial score (nSPS) is 51.0. The Kier molecular flexibility index (Phi) is 4.88. The number of ether oxygens (including phenoxy) is 2. The molecule has 4 rings (SSSR count). The maximum Gasteiger partial charge on any atom is 0.342 e. The Morgan fingerprint density at radius 1 is 1.07 bits per heavy atom. The van der Waals surface area contributed by atoms with Gasteiger partial charge in [0.1, 0.15) is 6.10 Å². The highest BCUT2D eigenvalue weighted by atomic mass is 16.6. The standard InChI is InChI=1S/C24H38O5/c1-6-21(3)11-7-12-22(4)17(21)10-13-23-14-16(8-9-18(22)23)24(27,20(26)28-5)19(23)29-15(2)25/h16-19,27H,6-14H2,1-5H3. The molecule has 164 valence electrons. The summed E-state index contributed by atoms with van der Waals surface area (Å²) in [5.41, 5.74) is -1.54. The molecule has 0 aromatic rings. The van der Waals surface area contributed by atoms with Crippen LogP contribution in [0.5, 0.6) is 0 Å². The fourth-order valence-corrected chi connectivity index (χ4v) is 8.83. The highest BCUT2D eigenvalue weighted by Crippen LogP contribution is 2.73. The molecule has 5 nitrogen and oxygen atoms in total. The third-order valence-electron chi connectivity index (χ3n) is 10.1. The molecule has 0 radical (unpaired) electrons. The van der Waals surface area contributed by atoms with Crippen LogP contribution in [0.4, 0.5) is 0 Å². The minimum atomic E-state index is -1.72. The van der Waals surface area contributed by atoms with Crippen molar-refractivity contribution in [2.75, 3.05) is 7.11 Å². The maximum atomic E-state index is 12.8. The van der Waals surface area contributed by atoms with E-state index in [2.05, 4.69) is 20.8 Å². The molecule has 1 N–H and O–H groups in total. The Morgan fingerprint density at radius 3 is 2.41 bits per heavy atom. The van der Waals surface area contributed by atoms with E-state index in [9.17, 15) is 14.7 Å². The Balaban J connectivity index is 1.81. The first kappa shape index (κ1) is 21.1. The summed E-state index contributed by atoms with van der Waals surface area (Å²) in [6.07, 6.45) is 8.63. The van der Waals surface area contributed by atoms with Crippen molar-refractivity contribution in [2.45, 2.75) is 97.2 Å². The molecule has 29 heavy (non-hydrogen) atoms. The van der Waals surface area contributed by atoms with Gasteiger partial charge in [0, 0.05) is 18.3 Å². The number of methoxy groups -OCH3 is 1. The second kappa shape index (κ2) is 6.70. The van der Waals surface area contributed by atoms with Crippen LogP contribution in [0.25, 0.3) is 0 Å². The van der Waals surface area contributed by atoms with Gasteiger partial charge in [-0.15, -0.1) is 0 Å². The molecule has 8 unspecified atom stereocenters. The lowest BCUT2D eigenvalue weighted by Crippen LogP contribution is -2.61. The third-order valence-corrected chi connectivity index (χ3v) is 10.1. The zero-order valence-corrected chi connectivity index (χ0v) is 18.8. The highest BCUT2D eigenvalue weighted by molar-refractivity contribution is 5.82. The second-order valence-corrected chi connectivity index (χ2v) is 11.0. The van der Waals surface area contributed by atoms with E-state index in [-0.39, 0.29) is 16.7 Å². The van der Waals surface area contributed by atoms with E-state index < -0.39 is 23.6 Å². The summed E-state index contributed by atoms with van der Waals surface area (Å²) in [5.74, 6) is -0.255. The smallest absolute Gasteiger partial charge is 0.342 e. The SMILES string of the molecule is CCC1(C)CCCC2(C)C1CCC13CC(CCC21)C(O)(C(=O)OC)C3OC(C)=O. The molecule has 0 aromatic carbocycles. The lowest BCUT2D eigenvalue weighted by atomic mass is 9.40. The number of carbonyl (C=O) groups excluding carboxylic acids is 2. The fourth-order valence-electron chi connectivity index (χ4n) is 8.83. The van der Waals surface area contributed by atoms with Crippen LogP contribution in [-0.4, -0.2) is 35.9 Å². The Labute approximate surface area is 174 Å². The van der Waals surface area contributed by atoms with Crippen LogP contribution in [0.3, 0.4) is 0 Å². The topological polar surface area (TPSA) is 72.8 Å². The lowest BCUT2D eigenvalue weighted by Gasteiger charge is -2.65. The van der Waals surface area contributed by atoms with Crippen molar-refractivity contribution in [3.05, 3.63) is 0 Å². The molecule has 0 saturated heterocycles. The van der Waals surface area contributed by atoms with Crippen LogP contribution in [0.2, 0.25) is 0 Å². The largest absolute Gasteiger partial charge is 0.467 e. The van der Waals surface area contributed by atoms with Crippen LogP contribution in [0, 0.1) is 34.0 Å². The van der Waals surface area contributed by atoms with Crippen molar-refractivity contribution >= 4 is 11.9 Å². The zero-order valence-electron chi connectivity index (χ0n) is 18.8. The van der Waals surface area contributed by atoms with Crippen LogP contribution in [0.15, 0.2) is 0 Å². The molecule has 8 atom stereocenters. The van der Waals surface area contributed by atoms with E-state index in [0.29, 0.717) is 17.3 Å². The molecule has 4 aliphatic rings. The molecule has 0 aromatic heterocycles. The van der Waals surface area contributed by atoms with Crippen LogP contribution < -0.4 is 0 Å². The third kappa shape index (κ3) is 2.61. The molecule has 0 heterocycles. The molecule has 0 aliphatic heterocycles. The van der Waals surface area contributed by atoms with Gasteiger partial charge in [-0.2, -0.15) is 0 Å². The number of rotatable bonds is 3. The summed E-state index contributed by atoms with van der Waals surface area (Å²) < 4.78 is 10.9. The number of hydrogen-bond donors (Lipinski definition) is 1. The van der Waals surface area contributed by atoms with E-state index in [1.165, 1.54) is 39.7 Å². The van der Waals surface area contributed by atoms with Crippen molar-refractivity contribution in [1.82, 2.24) is 0 Å². The predicted molar refractivity (Wildman–Crippen MR) is 109 cm³/mol. The number of esters is 2. The monoisotopic (exact) mass is 406 g/mol. The van der Waals surface area contributed by atoms with E-state index in [1.54, 1.807) is 0 Å². The molecule has 1 spiro atoms. The minimum Gasteiger partial charge on any atom is -0.467 e. The van der Waals surface area contributed by atoms with Crippen molar-refractivity contribution < 1.29 is 24.2 Å². The molecule has 5 heteroatoms. The molecular formula is C24H38O5. The Bertz CT molecular complexity index is 705. The first-order valence-electron chi connectivity index (χ1n) is 11.6. The number of carbonyl (C=O) groups is 2. The predicted octanol–water partition coefficient (Wildman–Crippen LogP) is 4.26. The first-order valence-corrected chi connectivity index (χ1v) is 11.6. The average molecular weight is 407 g/mol. The number of fused-ring (bicyclic) bond motifs is 3.